The summed E-state index contributed by atoms with van der Waals surface area (Å²) in [5.74, 6) is 1.45. The zero-order valence-corrected chi connectivity index (χ0v) is 13.1. The average Bonchev–Trinajstić information content (AvgIpc) is 3.34. The summed E-state index contributed by atoms with van der Waals surface area (Å²) in [6, 6.07) is 9.87. The summed E-state index contributed by atoms with van der Waals surface area (Å²) < 4.78 is 11.3. The van der Waals surface area contributed by atoms with E-state index in [4.69, 9.17) is 9.47 Å². The van der Waals surface area contributed by atoms with Crippen molar-refractivity contribution >= 4 is 5.91 Å². The maximum Gasteiger partial charge on any atom is 0.220 e. The molecule has 0 aromatic heterocycles. The van der Waals surface area contributed by atoms with Gasteiger partial charge in [0.15, 0.2) is 0 Å². The fourth-order valence-electron chi connectivity index (χ4n) is 2.89. The summed E-state index contributed by atoms with van der Waals surface area (Å²) in [4.78, 5) is 12.1. The van der Waals surface area contributed by atoms with Crippen LogP contribution in [0.25, 0.3) is 0 Å². The molecule has 22 heavy (non-hydrogen) atoms. The van der Waals surface area contributed by atoms with Gasteiger partial charge in [0.05, 0.1) is 6.61 Å². The standard InChI is InChI=1S/C18H25NO3/c20-17(11-15-5-4-10-21-12-15)19-13-18(8-9-18)14-22-16-6-2-1-3-7-16/h1-3,6-7,15H,4-5,8-14H2,(H,19,20)/t15-/m0/s1. The third kappa shape index (κ3) is 4.47. The number of nitrogens with one attached hydrogen (secondary N) is 1. The summed E-state index contributed by atoms with van der Waals surface area (Å²) >= 11 is 0. The molecule has 1 aromatic rings. The van der Waals surface area contributed by atoms with E-state index in [0.29, 0.717) is 18.9 Å². The van der Waals surface area contributed by atoms with Crippen LogP contribution in [-0.4, -0.2) is 32.3 Å². The highest BCUT2D eigenvalue weighted by atomic mass is 16.5. The van der Waals surface area contributed by atoms with Crippen molar-refractivity contribution < 1.29 is 14.3 Å². The number of hydrogen-bond acceptors (Lipinski definition) is 3. The van der Waals surface area contributed by atoms with E-state index in [-0.39, 0.29) is 11.3 Å². The van der Waals surface area contributed by atoms with E-state index >= 15 is 0 Å². The molecule has 2 fully saturated rings. The topological polar surface area (TPSA) is 47.6 Å². The molecule has 2 aliphatic rings. The Balaban J connectivity index is 1.38. The highest BCUT2D eigenvalue weighted by molar-refractivity contribution is 5.76. The molecule has 1 saturated heterocycles. The fourth-order valence-corrected chi connectivity index (χ4v) is 2.89. The lowest BCUT2D eigenvalue weighted by Crippen LogP contribution is -2.35. The maximum absolute atomic E-state index is 12.1. The van der Waals surface area contributed by atoms with Gasteiger partial charge in [-0.05, 0) is 43.7 Å². The average molecular weight is 303 g/mol. The van der Waals surface area contributed by atoms with Gasteiger partial charge < -0.3 is 14.8 Å². The largest absolute Gasteiger partial charge is 0.493 e. The Morgan fingerprint density at radius 3 is 2.82 bits per heavy atom. The number of carbonyl (C=O) groups excluding carboxylic acids is 1. The zero-order valence-electron chi connectivity index (χ0n) is 13.1. The Morgan fingerprint density at radius 2 is 2.14 bits per heavy atom. The van der Waals surface area contributed by atoms with E-state index < -0.39 is 0 Å². The van der Waals surface area contributed by atoms with Gasteiger partial charge in [-0.1, -0.05) is 18.2 Å². The van der Waals surface area contributed by atoms with E-state index in [2.05, 4.69) is 5.32 Å². The quantitative estimate of drug-likeness (QED) is 0.842. The molecule has 1 amide bonds. The van der Waals surface area contributed by atoms with Gasteiger partial charge in [-0.25, -0.2) is 0 Å². The molecule has 1 aliphatic heterocycles. The van der Waals surface area contributed by atoms with Crippen molar-refractivity contribution in [2.45, 2.75) is 32.1 Å². The van der Waals surface area contributed by atoms with Crippen LogP contribution in [0.1, 0.15) is 32.1 Å². The molecule has 1 heterocycles. The SMILES string of the molecule is O=C(C[C@@H]1CCCOC1)NCC1(COc2ccccc2)CC1. The normalized spacial score (nSPS) is 22.8. The Kier molecular flexibility index (Phi) is 4.98. The first-order valence-corrected chi connectivity index (χ1v) is 8.28. The molecule has 0 bridgehead atoms. The van der Waals surface area contributed by atoms with Gasteiger partial charge in [0.1, 0.15) is 5.75 Å². The lowest BCUT2D eigenvalue weighted by Gasteiger charge is -2.22. The van der Waals surface area contributed by atoms with Crippen LogP contribution in [0.15, 0.2) is 30.3 Å². The zero-order chi connectivity index (χ0) is 15.3. The second kappa shape index (κ2) is 7.14. The van der Waals surface area contributed by atoms with Gasteiger partial charge in [0.25, 0.3) is 0 Å². The molecule has 0 radical (unpaired) electrons. The van der Waals surface area contributed by atoms with Crippen molar-refractivity contribution in [3.8, 4) is 5.75 Å². The van der Waals surface area contributed by atoms with Crippen LogP contribution in [0.4, 0.5) is 0 Å². The predicted octanol–water partition coefficient (Wildman–Crippen LogP) is 2.78. The van der Waals surface area contributed by atoms with Crippen molar-refractivity contribution in [2.24, 2.45) is 11.3 Å². The van der Waals surface area contributed by atoms with E-state index in [1.54, 1.807) is 0 Å². The van der Waals surface area contributed by atoms with Crippen molar-refractivity contribution in [1.82, 2.24) is 5.32 Å². The second-order valence-electron chi connectivity index (χ2n) is 6.67. The lowest BCUT2D eigenvalue weighted by atomic mass is 9.98. The van der Waals surface area contributed by atoms with Gasteiger partial charge >= 0.3 is 0 Å². The summed E-state index contributed by atoms with van der Waals surface area (Å²) in [5.41, 5.74) is 0.147. The number of para-hydroxylation sites is 1. The molecule has 4 nitrogen and oxygen atoms in total. The molecule has 120 valence electrons. The number of ether oxygens (including phenoxy) is 2. The molecule has 1 aromatic carbocycles. The second-order valence-corrected chi connectivity index (χ2v) is 6.67. The van der Waals surface area contributed by atoms with Gasteiger partial charge in [-0.2, -0.15) is 0 Å². The summed E-state index contributed by atoms with van der Waals surface area (Å²) in [6.45, 7) is 2.99. The minimum Gasteiger partial charge on any atom is -0.493 e. The minimum absolute atomic E-state index is 0.147. The van der Waals surface area contributed by atoms with Crippen LogP contribution in [0.5, 0.6) is 5.75 Å². The number of benzene rings is 1. The molecular weight excluding hydrogens is 278 g/mol. The molecule has 1 atom stereocenters. The number of rotatable bonds is 7. The van der Waals surface area contributed by atoms with Gasteiger partial charge in [0, 0.05) is 31.6 Å². The van der Waals surface area contributed by atoms with Crippen LogP contribution in [0.2, 0.25) is 0 Å². The van der Waals surface area contributed by atoms with Gasteiger partial charge in [-0.3, -0.25) is 4.79 Å². The smallest absolute Gasteiger partial charge is 0.220 e. The molecule has 1 saturated carbocycles. The van der Waals surface area contributed by atoms with Crippen molar-refractivity contribution in [3.05, 3.63) is 30.3 Å². The van der Waals surface area contributed by atoms with Crippen LogP contribution < -0.4 is 10.1 Å². The molecule has 3 rings (SSSR count). The fraction of sp³-hybridized carbons (Fsp3) is 0.611. The molecule has 0 spiro atoms. The minimum atomic E-state index is 0.147. The predicted molar refractivity (Wildman–Crippen MR) is 84.8 cm³/mol. The number of amides is 1. The highest BCUT2D eigenvalue weighted by Crippen LogP contribution is 2.45. The van der Waals surface area contributed by atoms with E-state index in [1.165, 1.54) is 0 Å². The number of carbonyl (C=O) groups is 1. The van der Waals surface area contributed by atoms with Crippen molar-refractivity contribution in [1.29, 1.82) is 0 Å². The van der Waals surface area contributed by atoms with Crippen molar-refractivity contribution in [3.63, 3.8) is 0 Å². The molecule has 1 N–H and O–H groups in total. The van der Waals surface area contributed by atoms with Crippen LogP contribution >= 0.6 is 0 Å². The third-order valence-corrected chi connectivity index (χ3v) is 4.63. The first kappa shape index (κ1) is 15.3. The van der Waals surface area contributed by atoms with Gasteiger partial charge in [-0.15, -0.1) is 0 Å². The molecule has 1 aliphatic carbocycles. The van der Waals surface area contributed by atoms with E-state index in [0.717, 1.165) is 51.2 Å². The Hall–Kier alpha value is -1.55. The Labute approximate surface area is 132 Å². The Morgan fingerprint density at radius 1 is 1.32 bits per heavy atom. The highest BCUT2D eigenvalue weighted by Gasteiger charge is 2.43. The first-order valence-electron chi connectivity index (χ1n) is 8.28. The van der Waals surface area contributed by atoms with E-state index in [1.807, 2.05) is 30.3 Å². The maximum atomic E-state index is 12.1. The molecule has 4 heteroatoms. The lowest BCUT2D eigenvalue weighted by molar-refractivity contribution is -0.123. The summed E-state index contributed by atoms with van der Waals surface area (Å²) in [5, 5.41) is 3.09. The molecule has 0 unspecified atom stereocenters. The van der Waals surface area contributed by atoms with Crippen molar-refractivity contribution in [2.75, 3.05) is 26.4 Å². The third-order valence-electron chi connectivity index (χ3n) is 4.63. The number of hydrogen-bond donors (Lipinski definition) is 1. The summed E-state index contributed by atoms with van der Waals surface area (Å²) in [6.07, 6.45) is 5.04. The Bertz CT molecular complexity index is 478. The first-order chi connectivity index (χ1) is 10.8. The van der Waals surface area contributed by atoms with Crippen LogP contribution in [-0.2, 0) is 9.53 Å². The van der Waals surface area contributed by atoms with E-state index in [9.17, 15) is 4.79 Å². The van der Waals surface area contributed by atoms with Crippen LogP contribution in [0.3, 0.4) is 0 Å². The summed E-state index contributed by atoms with van der Waals surface area (Å²) in [7, 11) is 0. The van der Waals surface area contributed by atoms with Crippen LogP contribution in [0, 0.1) is 11.3 Å². The van der Waals surface area contributed by atoms with Gasteiger partial charge in [0.2, 0.25) is 5.91 Å². The molecular formula is C18H25NO3. The monoisotopic (exact) mass is 303 g/mol.